The third kappa shape index (κ3) is 6.49. The van der Waals surface area contributed by atoms with E-state index in [1.807, 2.05) is 30.3 Å². The number of hydrogen-bond donors (Lipinski definition) is 4. The molecule has 0 aromatic heterocycles. The molecule has 4 N–H and O–H groups in total. The van der Waals surface area contributed by atoms with Gasteiger partial charge in [-0.2, -0.15) is 0 Å². The quantitative estimate of drug-likeness (QED) is 0.203. The number of anilines is 3. The summed E-state index contributed by atoms with van der Waals surface area (Å²) < 4.78 is 6.32. The zero-order valence-corrected chi connectivity index (χ0v) is 20.3. The van der Waals surface area contributed by atoms with Gasteiger partial charge in [-0.15, -0.1) is 0 Å². The van der Waals surface area contributed by atoms with E-state index < -0.39 is 17.9 Å². The summed E-state index contributed by atoms with van der Waals surface area (Å²) in [5, 5.41) is 17.4. The Morgan fingerprint density at radius 2 is 1.28 bits per heavy atom. The van der Waals surface area contributed by atoms with Crippen LogP contribution in [0, 0.1) is 0 Å². The smallest absolute Gasteiger partial charge is 0.337 e. The fraction of sp³-hybridized carbons (Fsp3) is 0. The molecule has 0 fully saturated rings. The number of benzene rings is 4. The summed E-state index contributed by atoms with van der Waals surface area (Å²) in [4.78, 5) is 36.4. The van der Waals surface area contributed by atoms with Gasteiger partial charge in [0.1, 0.15) is 11.5 Å². The Morgan fingerprint density at radius 1 is 0.694 bits per heavy atom. The maximum atomic E-state index is 12.6. The van der Waals surface area contributed by atoms with Crippen LogP contribution in [0.5, 0.6) is 11.5 Å². The van der Waals surface area contributed by atoms with Crippen molar-refractivity contribution in [1.82, 2.24) is 0 Å². The number of para-hydroxylation sites is 1. The summed E-state index contributed by atoms with van der Waals surface area (Å²) in [6.07, 6.45) is 0. The fourth-order valence-electron chi connectivity index (χ4n) is 3.23. The van der Waals surface area contributed by atoms with Crippen molar-refractivity contribution in [3.8, 4) is 11.5 Å². The van der Waals surface area contributed by atoms with E-state index in [-0.39, 0.29) is 11.3 Å². The van der Waals surface area contributed by atoms with Gasteiger partial charge in [0.25, 0.3) is 5.91 Å². The first kappa shape index (κ1) is 24.5. The highest BCUT2D eigenvalue weighted by atomic mass is 79.9. The molecule has 0 radical (unpaired) electrons. The van der Waals surface area contributed by atoms with E-state index in [4.69, 9.17) is 4.74 Å². The van der Waals surface area contributed by atoms with Gasteiger partial charge in [0.05, 0.1) is 11.3 Å². The second kappa shape index (κ2) is 11.2. The average Bonchev–Trinajstić information content (AvgIpc) is 2.87. The molecule has 4 aromatic carbocycles. The van der Waals surface area contributed by atoms with Crippen LogP contribution in [-0.4, -0.2) is 23.0 Å². The van der Waals surface area contributed by atoms with Crippen molar-refractivity contribution in [3.05, 3.63) is 113 Å². The molecule has 4 aromatic rings. The van der Waals surface area contributed by atoms with Crippen molar-refractivity contribution in [3.63, 3.8) is 0 Å². The SMILES string of the molecule is O=C(Nc1ccc(Oc2ccccc2)cc1)Nc1ccc(C(=O)Nc2ccc(Br)cc2C(=O)O)cc1. The van der Waals surface area contributed by atoms with Crippen LogP contribution in [0.25, 0.3) is 0 Å². The number of rotatable bonds is 7. The number of hydrogen-bond acceptors (Lipinski definition) is 4. The lowest BCUT2D eigenvalue weighted by Crippen LogP contribution is -2.19. The zero-order valence-electron chi connectivity index (χ0n) is 18.7. The van der Waals surface area contributed by atoms with E-state index in [0.717, 1.165) is 0 Å². The van der Waals surface area contributed by atoms with E-state index in [0.29, 0.717) is 32.9 Å². The number of ether oxygens (including phenoxy) is 1. The topological polar surface area (TPSA) is 117 Å². The zero-order chi connectivity index (χ0) is 25.5. The van der Waals surface area contributed by atoms with Crippen LogP contribution < -0.4 is 20.7 Å². The third-order valence-electron chi connectivity index (χ3n) is 4.96. The van der Waals surface area contributed by atoms with Crippen molar-refractivity contribution < 1.29 is 24.2 Å². The molecule has 0 spiro atoms. The average molecular weight is 546 g/mol. The van der Waals surface area contributed by atoms with Crippen molar-refractivity contribution in [2.45, 2.75) is 0 Å². The standard InChI is InChI=1S/C27H20BrN3O5/c28-18-8-15-24(23(16-18)26(33)34)31-25(32)17-6-9-19(10-7-17)29-27(35)30-20-11-13-22(14-12-20)36-21-4-2-1-3-5-21/h1-16H,(H,31,32)(H,33,34)(H2,29,30,35). The first-order valence-corrected chi connectivity index (χ1v) is 11.5. The lowest BCUT2D eigenvalue weighted by atomic mass is 10.1. The van der Waals surface area contributed by atoms with Gasteiger partial charge in [-0.25, -0.2) is 9.59 Å². The summed E-state index contributed by atoms with van der Waals surface area (Å²) in [6.45, 7) is 0. The lowest BCUT2D eigenvalue weighted by molar-refractivity contribution is 0.0698. The molecule has 0 saturated carbocycles. The minimum atomic E-state index is -1.16. The van der Waals surface area contributed by atoms with Crippen molar-refractivity contribution >= 4 is 50.9 Å². The Labute approximate surface area is 215 Å². The molecule has 0 aliphatic heterocycles. The molecule has 3 amide bonds. The van der Waals surface area contributed by atoms with Crippen molar-refractivity contribution in [2.75, 3.05) is 16.0 Å². The molecule has 0 aliphatic carbocycles. The largest absolute Gasteiger partial charge is 0.478 e. The highest BCUT2D eigenvalue weighted by Gasteiger charge is 2.14. The normalized spacial score (nSPS) is 10.2. The molecule has 4 rings (SSSR count). The molecule has 0 atom stereocenters. The number of halogens is 1. The molecule has 0 bridgehead atoms. The summed E-state index contributed by atoms with van der Waals surface area (Å²) >= 11 is 3.22. The molecule has 0 saturated heterocycles. The predicted octanol–water partition coefficient (Wildman–Crippen LogP) is 6.84. The number of carbonyl (C=O) groups excluding carboxylic acids is 2. The molecule has 8 nitrogen and oxygen atoms in total. The molecule has 0 heterocycles. The molecule has 9 heteroatoms. The van der Waals surface area contributed by atoms with Crippen LogP contribution in [0.3, 0.4) is 0 Å². The maximum Gasteiger partial charge on any atom is 0.337 e. The monoisotopic (exact) mass is 545 g/mol. The number of carboxylic acids is 1. The summed E-state index contributed by atoms with van der Waals surface area (Å²) in [6, 6.07) is 26.6. The first-order valence-electron chi connectivity index (χ1n) is 10.7. The Balaban J connectivity index is 1.32. The first-order chi connectivity index (χ1) is 17.4. The van der Waals surface area contributed by atoms with Gasteiger partial charge in [0, 0.05) is 21.4 Å². The van der Waals surface area contributed by atoms with Crippen LogP contribution in [0.2, 0.25) is 0 Å². The number of urea groups is 1. The second-order valence-electron chi connectivity index (χ2n) is 7.55. The van der Waals surface area contributed by atoms with Gasteiger partial charge < -0.3 is 25.8 Å². The summed E-state index contributed by atoms with van der Waals surface area (Å²) in [5.41, 5.74) is 1.50. The van der Waals surface area contributed by atoms with Crippen LogP contribution in [-0.2, 0) is 0 Å². The maximum absolute atomic E-state index is 12.6. The Bertz CT molecular complexity index is 1390. The molecule has 0 aliphatic rings. The summed E-state index contributed by atoms with van der Waals surface area (Å²) in [7, 11) is 0. The van der Waals surface area contributed by atoms with E-state index >= 15 is 0 Å². The highest BCUT2D eigenvalue weighted by molar-refractivity contribution is 9.10. The van der Waals surface area contributed by atoms with Gasteiger partial charge >= 0.3 is 12.0 Å². The highest BCUT2D eigenvalue weighted by Crippen LogP contribution is 2.24. The van der Waals surface area contributed by atoms with Crippen molar-refractivity contribution in [1.29, 1.82) is 0 Å². The Morgan fingerprint density at radius 3 is 1.89 bits per heavy atom. The fourth-order valence-corrected chi connectivity index (χ4v) is 3.59. The van der Waals surface area contributed by atoms with E-state index in [9.17, 15) is 19.5 Å². The van der Waals surface area contributed by atoms with E-state index in [2.05, 4.69) is 31.9 Å². The van der Waals surface area contributed by atoms with Gasteiger partial charge in [0.15, 0.2) is 0 Å². The van der Waals surface area contributed by atoms with Crippen LogP contribution in [0.4, 0.5) is 21.9 Å². The van der Waals surface area contributed by atoms with Gasteiger partial charge in [-0.3, -0.25) is 4.79 Å². The van der Waals surface area contributed by atoms with Crippen molar-refractivity contribution in [2.24, 2.45) is 0 Å². The summed E-state index contributed by atoms with van der Waals surface area (Å²) in [5.74, 6) is -0.281. The number of carboxylic acid groups (broad SMARTS) is 1. The minimum absolute atomic E-state index is 0.0349. The van der Waals surface area contributed by atoms with Crippen LogP contribution in [0.1, 0.15) is 20.7 Å². The number of amides is 3. The number of aromatic carboxylic acids is 1. The second-order valence-corrected chi connectivity index (χ2v) is 8.46. The Kier molecular flexibility index (Phi) is 7.62. The minimum Gasteiger partial charge on any atom is -0.478 e. The third-order valence-corrected chi connectivity index (χ3v) is 5.45. The van der Waals surface area contributed by atoms with E-state index in [1.165, 1.54) is 24.3 Å². The lowest BCUT2D eigenvalue weighted by Gasteiger charge is -2.11. The Hall–Kier alpha value is -4.63. The molecule has 180 valence electrons. The van der Waals surface area contributed by atoms with Gasteiger partial charge in [0.2, 0.25) is 0 Å². The van der Waals surface area contributed by atoms with Gasteiger partial charge in [-0.05, 0) is 78.9 Å². The van der Waals surface area contributed by atoms with Crippen LogP contribution in [0.15, 0.2) is 102 Å². The van der Waals surface area contributed by atoms with Gasteiger partial charge in [-0.1, -0.05) is 34.1 Å². The predicted molar refractivity (Wildman–Crippen MR) is 141 cm³/mol. The number of carbonyl (C=O) groups is 3. The van der Waals surface area contributed by atoms with E-state index in [1.54, 1.807) is 42.5 Å². The number of nitrogens with one attached hydrogen (secondary N) is 3. The molecular formula is C27H20BrN3O5. The molecule has 36 heavy (non-hydrogen) atoms. The molecule has 0 unspecified atom stereocenters. The molecular weight excluding hydrogens is 526 g/mol. The van der Waals surface area contributed by atoms with Crippen LogP contribution >= 0.6 is 15.9 Å².